The van der Waals surface area contributed by atoms with Crippen molar-refractivity contribution in [2.45, 2.75) is 57.5 Å². The van der Waals surface area contributed by atoms with Crippen LogP contribution in [0.15, 0.2) is 0 Å². The van der Waals surface area contributed by atoms with Crippen LogP contribution in [0.3, 0.4) is 0 Å². The summed E-state index contributed by atoms with van der Waals surface area (Å²) >= 11 is 0. The minimum atomic E-state index is 0.558. The molecule has 1 heterocycles. The normalized spacial score (nSPS) is 28.5. The highest BCUT2D eigenvalue weighted by molar-refractivity contribution is 4.78. The quantitative estimate of drug-likeness (QED) is 0.814. The standard InChI is InChI=1S/C15H30N2O/c1-13(10-15-12-18-9-8-16-15)17(2)11-14-6-4-3-5-7-14/h13-16H,3-12H2,1-2H3. The van der Waals surface area contributed by atoms with Crippen LogP contribution in [0.2, 0.25) is 0 Å². The number of hydrogen-bond donors (Lipinski definition) is 1. The Labute approximate surface area is 112 Å². The van der Waals surface area contributed by atoms with Gasteiger partial charge in [0.2, 0.25) is 0 Å². The maximum Gasteiger partial charge on any atom is 0.0620 e. The molecule has 0 bridgehead atoms. The van der Waals surface area contributed by atoms with Crippen LogP contribution in [0.1, 0.15) is 45.4 Å². The van der Waals surface area contributed by atoms with Gasteiger partial charge in [-0.2, -0.15) is 0 Å². The summed E-state index contributed by atoms with van der Waals surface area (Å²) < 4.78 is 5.53. The second kappa shape index (κ2) is 7.46. The van der Waals surface area contributed by atoms with Gasteiger partial charge in [-0.3, -0.25) is 0 Å². The van der Waals surface area contributed by atoms with Gasteiger partial charge in [-0.25, -0.2) is 0 Å². The maximum atomic E-state index is 5.53. The molecule has 3 heteroatoms. The van der Waals surface area contributed by atoms with Gasteiger partial charge in [0.15, 0.2) is 0 Å². The van der Waals surface area contributed by atoms with Gasteiger partial charge in [0, 0.05) is 25.2 Å². The second-order valence-corrected chi connectivity index (χ2v) is 6.25. The number of morpholine rings is 1. The number of nitrogens with zero attached hydrogens (tertiary/aromatic N) is 1. The lowest BCUT2D eigenvalue weighted by atomic mass is 9.88. The van der Waals surface area contributed by atoms with Crippen molar-refractivity contribution >= 4 is 0 Å². The molecule has 18 heavy (non-hydrogen) atoms. The summed E-state index contributed by atoms with van der Waals surface area (Å²) in [6.45, 7) is 6.43. The van der Waals surface area contributed by atoms with E-state index in [0.29, 0.717) is 12.1 Å². The number of nitrogens with one attached hydrogen (secondary N) is 1. The lowest BCUT2D eigenvalue weighted by Gasteiger charge is -2.34. The summed E-state index contributed by atoms with van der Waals surface area (Å²) in [7, 11) is 2.29. The van der Waals surface area contributed by atoms with E-state index in [0.717, 1.165) is 25.7 Å². The molecule has 106 valence electrons. The van der Waals surface area contributed by atoms with Gasteiger partial charge < -0.3 is 15.0 Å². The molecule has 3 nitrogen and oxygen atoms in total. The van der Waals surface area contributed by atoms with Crippen LogP contribution in [0, 0.1) is 5.92 Å². The Morgan fingerprint density at radius 3 is 2.72 bits per heavy atom. The van der Waals surface area contributed by atoms with E-state index < -0.39 is 0 Å². The van der Waals surface area contributed by atoms with Crippen LogP contribution >= 0.6 is 0 Å². The Morgan fingerprint density at radius 2 is 2.06 bits per heavy atom. The Bertz CT molecular complexity index is 199. The van der Waals surface area contributed by atoms with Gasteiger partial charge in [-0.15, -0.1) is 0 Å². The molecule has 0 radical (unpaired) electrons. The number of hydrogen-bond acceptors (Lipinski definition) is 3. The lowest BCUT2D eigenvalue weighted by molar-refractivity contribution is 0.0623. The van der Waals surface area contributed by atoms with E-state index in [4.69, 9.17) is 4.74 Å². The molecule has 0 amide bonds. The number of rotatable bonds is 5. The molecule has 1 aliphatic heterocycles. The summed E-state index contributed by atoms with van der Waals surface area (Å²) in [6, 6.07) is 1.22. The zero-order valence-electron chi connectivity index (χ0n) is 12.2. The fourth-order valence-corrected chi connectivity index (χ4v) is 3.32. The van der Waals surface area contributed by atoms with Crippen LogP contribution in [-0.4, -0.2) is 50.3 Å². The van der Waals surface area contributed by atoms with Gasteiger partial charge >= 0.3 is 0 Å². The van der Waals surface area contributed by atoms with E-state index in [-0.39, 0.29) is 0 Å². The van der Waals surface area contributed by atoms with Crippen LogP contribution in [-0.2, 0) is 4.74 Å². The van der Waals surface area contributed by atoms with Crippen LogP contribution < -0.4 is 5.32 Å². The van der Waals surface area contributed by atoms with E-state index in [1.54, 1.807) is 0 Å². The van der Waals surface area contributed by atoms with Gasteiger partial charge in [0.05, 0.1) is 13.2 Å². The summed E-state index contributed by atoms with van der Waals surface area (Å²) in [6.07, 6.45) is 8.46. The third-order valence-electron chi connectivity index (χ3n) is 4.65. The van der Waals surface area contributed by atoms with Crippen molar-refractivity contribution in [2.24, 2.45) is 5.92 Å². The highest BCUT2D eigenvalue weighted by Crippen LogP contribution is 2.25. The SMILES string of the molecule is CC(CC1COCCN1)N(C)CC1CCCCC1. The Hall–Kier alpha value is -0.120. The van der Waals surface area contributed by atoms with Crippen molar-refractivity contribution in [2.75, 3.05) is 33.4 Å². The second-order valence-electron chi connectivity index (χ2n) is 6.25. The van der Waals surface area contributed by atoms with Crippen LogP contribution in [0.5, 0.6) is 0 Å². The smallest absolute Gasteiger partial charge is 0.0620 e. The van der Waals surface area contributed by atoms with E-state index in [1.165, 1.54) is 45.1 Å². The van der Waals surface area contributed by atoms with E-state index >= 15 is 0 Å². The molecule has 1 aliphatic carbocycles. The predicted octanol–water partition coefficient (Wildman–Crippen LogP) is 2.27. The maximum absolute atomic E-state index is 5.53. The minimum absolute atomic E-state index is 0.558. The molecule has 1 saturated carbocycles. The van der Waals surface area contributed by atoms with E-state index in [9.17, 15) is 0 Å². The molecule has 0 aromatic heterocycles. The third-order valence-corrected chi connectivity index (χ3v) is 4.65. The van der Waals surface area contributed by atoms with Crippen molar-refractivity contribution in [3.63, 3.8) is 0 Å². The third kappa shape index (κ3) is 4.52. The molecule has 2 unspecified atom stereocenters. The molecule has 2 fully saturated rings. The molecule has 2 rings (SSSR count). The Morgan fingerprint density at radius 1 is 1.28 bits per heavy atom. The summed E-state index contributed by atoms with van der Waals surface area (Å²) in [4.78, 5) is 2.56. The molecule has 0 aromatic rings. The van der Waals surface area contributed by atoms with Gasteiger partial charge in [-0.05, 0) is 39.2 Å². The highest BCUT2D eigenvalue weighted by atomic mass is 16.5. The zero-order valence-corrected chi connectivity index (χ0v) is 12.2. The average molecular weight is 254 g/mol. The van der Waals surface area contributed by atoms with Gasteiger partial charge in [0.25, 0.3) is 0 Å². The van der Waals surface area contributed by atoms with Crippen molar-refractivity contribution in [3.05, 3.63) is 0 Å². The lowest BCUT2D eigenvalue weighted by Crippen LogP contribution is -2.46. The monoisotopic (exact) mass is 254 g/mol. The van der Waals surface area contributed by atoms with Gasteiger partial charge in [0.1, 0.15) is 0 Å². The van der Waals surface area contributed by atoms with Crippen molar-refractivity contribution in [1.29, 1.82) is 0 Å². The first-order valence-electron chi connectivity index (χ1n) is 7.77. The first-order valence-corrected chi connectivity index (χ1v) is 7.77. The largest absolute Gasteiger partial charge is 0.379 e. The van der Waals surface area contributed by atoms with E-state index in [1.807, 2.05) is 0 Å². The molecular weight excluding hydrogens is 224 g/mol. The minimum Gasteiger partial charge on any atom is -0.379 e. The van der Waals surface area contributed by atoms with Crippen LogP contribution in [0.4, 0.5) is 0 Å². The number of ether oxygens (including phenoxy) is 1. The zero-order chi connectivity index (χ0) is 12.8. The summed E-state index contributed by atoms with van der Waals surface area (Å²) in [5, 5.41) is 3.56. The Balaban J connectivity index is 1.68. The topological polar surface area (TPSA) is 24.5 Å². The fraction of sp³-hybridized carbons (Fsp3) is 1.00. The first kappa shape index (κ1) is 14.3. The van der Waals surface area contributed by atoms with Crippen molar-refractivity contribution < 1.29 is 4.74 Å². The van der Waals surface area contributed by atoms with Crippen LogP contribution in [0.25, 0.3) is 0 Å². The predicted molar refractivity (Wildman–Crippen MR) is 75.9 cm³/mol. The van der Waals surface area contributed by atoms with Crippen molar-refractivity contribution in [1.82, 2.24) is 10.2 Å². The molecule has 1 saturated heterocycles. The summed E-state index contributed by atoms with van der Waals surface area (Å²) in [5.41, 5.74) is 0. The first-order chi connectivity index (χ1) is 8.75. The molecule has 1 N–H and O–H groups in total. The molecule has 0 spiro atoms. The highest BCUT2D eigenvalue weighted by Gasteiger charge is 2.21. The van der Waals surface area contributed by atoms with Crippen molar-refractivity contribution in [3.8, 4) is 0 Å². The molecule has 2 aliphatic rings. The fourth-order valence-electron chi connectivity index (χ4n) is 3.32. The molecular formula is C15H30N2O. The molecule has 0 aromatic carbocycles. The molecule has 2 atom stereocenters. The Kier molecular flexibility index (Phi) is 5.93. The summed E-state index contributed by atoms with van der Waals surface area (Å²) in [5.74, 6) is 0.946. The van der Waals surface area contributed by atoms with E-state index in [2.05, 4.69) is 24.2 Å². The average Bonchev–Trinajstić information content (AvgIpc) is 2.41. The van der Waals surface area contributed by atoms with Gasteiger partial charge in [-0.1, -0.05) is 19.3 Å².